The molecule has 0 saturated heterocycles. The average molecular weight is 268 g/mol. The van der Waals surface area contributed by atoms with Gasteiger partial charge in [-0.15, -0.1) is 11.3 Å². The van der Waals surface area contributed by atoms with Crippen molar-refractivity contribution in [3.63, 3.8) is 0 Å². The number of rotatable bonds is 4. The first-order valence-corrected chi connectivity index (χ1v) is 7.37. The van der Waals surface area contributed by atoms with Gasteiger partial charge in [-0.25, -0.2) is 9.78 Å². The second-order valence-electron chi connectivity index (χ2n) is 5.16. The lowest BCUT2D eigenvalue weighted by atomic mass is 9.75. The highest BCUT2D eigenvalue weighted by molar-refractivity contribution is 7.13. The van der Waals surface area contributed by atoms with E-state index in [4.69, 9.17) is 0 Å². The molecule has 2 N–H and O–H groups in total. The molecular formula is C13H20N2O2S. The van der Waals surface area contributed by atoms with Crippen molar-refractivity contribution >= 4 is 22.4 Å². The molecule has 18 heavy (non-hydrogen) atoms. The number of carboxylic acid groups (broad SMARTS) is 1. The molecule has 1 aliphatic rings. The van der Waals surface area contributed by atoms with Crippen LogP contribution in [0.5, 0.6) is 0 Å². The topological polar surface area (TPSA) is 62.2 Å². The van der Waals surface area contributed by atoms with Gasteiger partial charge in [0.05, 0.1) is 5.69 Å². The largest absolute Gasteiger partial charge is 0.480 e. The zero-order chi connectivity index (χ0) is 13.2. The second kappa shape index (κ2) is 5.26. The van der Waals surface area contributed by atoms with Crippen LogP contribution in [-0.2, 0) is 4.79 Å². The Morgan fingerprint density at radius 3 is 2.72 bits per heavy atom. The first-order valence-electron chi connectivity index (χ1n) is 6.49. The number of nitrogens with zero attached hydrogens (tertiary/aromatic N) is 1. The Hall–Kier alpha value is -1.10. The number of nitrogens with one attached hydrogen (secondary N) is 1. The third-order valence-electron chi connectivity index (χ3n) is 3.91. The number of aromatic nitrogens is 1. The van der Waals surface area contributed by atoms with E-state index in [0.717, 1.165) is 30.1 Å². The summed E-state index contributed by atoms with van der Waals surface area (Å²) in [6.07, 6.45) is 4.51. The number of hydrogen-bond acceptors (Lipinski definition) is 4. The molecule has 1 saturated carbocycles. The Morgan fingerprint density at radius 2 is 2.28 bits per heavy atom. The van der Waals surface area contributed by atoms with Crippen molar-refractivity contribution in [2.45, 2.75) is 51.5 Å². The predicted octanol–water partition coefficient (Wildman–Crippen LogP) is 3.29. The van der Waals surface area contributed by atoms with Gasteiger partial charge in [-0.05, 0) is 38.5 Å². The minimum absolute atomic E-state index is 0.678. The van der Waals surface area contributed by atoms with Crippen LogP contribution in [0.3, 0.4) is 0 Å². The van der Waals surface area contributed by atoms with Gasteiger partial charge < -0.3 is 10.4 Å². The Bertz CT molecular complexity index is 422. The van der Waals surface area contributed by atoms with Crippen LogP contribution in [0.4, 0.5) is 5.13 Å². The van der Waals surface area contributed by atoms with Crippen LogP contribution in [0.2, 0.25) is 0 Å². The SMILES string of the molecule is CCC1CCC(Nc2nc(C)cs2)(C(=O)O)CC1. The molecule has 0 unspecified atom stereocenters. The zero-order valence-electron chi connectivity index (χ0n) is 10.9. The summed E-state index contributed by atoms with van der Waals surface area (Å²) in [5.74, 6) is -0.0674. The summed E-state index contributed by atoms with van der Waals surface area (Å²) in [6, 6.07) is 0. The van der Waals surface area contributed by atoms with E-state index in [0.29, 0.717) is 18.8 Å². The standard InChI is InChI=1S/C13H20N2O2S/c1-3-10-4-6-13(7-5-10,11(16)17)15-12-14-9(2)8-18-12/h8,10H,3-7H2,1-2H3,(H,14,15)(H,16,17). The Balaban J connectivity index is 2.11. The molecule has 1 aliphatic carbocycles. The molecule has 0 atom stereocenters. The van der Waals surface area contributed by atoms with Gasteiger partial charge in [0, 0.05) is 5.38 Å². The molecule has 0 radical (unpaired) electrons. The zero-order valence-corrected chi connectivity index (χ0v) is 11.7. The summed E-state index contributed by atoms with van der Waals surface area (Å²) in [5.41, 5.74) is 0.126. The van der Waals surface area contributed by atoms with E-state index in [9.17, 15) is 9.90 Å². The summed E-state index contributed by atoms with van der Waals surface area (Å²) < 4.78 is 0. The molecule has 1 aromatic rings. The molecule has 0 spiro atoms. The summed E-state index contributed by atoms with van der Waals surface area (Å²) in [4.78, 5) is 15.9. The molecule has 1 heterocycles. The molecule has 5 heteroatoms. The number of carbonyl (C=O) groups is 1. The normalized spacial score (nSPS) is 28.0. The van der Waals surface area contributed by atoms with Gasteiger partial charge in [-0.1, -0.05) is 13.3 Å². The van der Waals surface area contributed by atoms with Crippen molar-refractivity contribution in [1.82, 2.24) is 4.98 Å². The van der Waals surface area contributed by atoms with Gasteiger partial charge >= 0.3 is 5.97 Å². The Morgan fingerprint density at radius 1 is 1.61 bits per heavy atom. The van der Waals surface area contributed by atoms with Gasteiger partial charge in [0.25, 0.3) is 0 Å². The highest BCUT2D eigenvalue weighted by Gasteiger charge is 2.42. The molecule has 0 aromatic carbocycles. The lowest BCUT2D eigenvalue weighted by Gasteiger charge is -2.37. The maximum absolute atomic E-state index is 11.6. The van der Waals surface area contributed by atoms with Crippen LogP contribution >= 0.6 is 11.3 Å². The van der Waals surface area contributed by atoms with Crippen LogP contribution < -0.4 is 5.32 Å². The molecule has 1 fully saturated rings. The molecule has 2 rings (SSSR count). The maximum Gasteiger partial charge on any atom is 0.329 e. The summed E-state index contributed by atoms with van der Waals surface area (Å²) in [7, 11) is 0. The van der Waals surface area contributed by atoms with Crippen molar-refractivity contribution in [3.8, 4) is 0 Å². The minimum atomic E-state index is -0.810. The summed E-state index contributed by atoms with van der Waals surface area (Å²) in [6.45, 7) is 4.10. The average Bonchev–Trinajstić information content (AvgIpc) is 2.75. The van der Waals surface area contributed by atoms with Crippen LogP contribution in [0.1, 0.15) is 44.7 Å². The molecular weight excluding hydrogens is 248 g/mol. The van der Waals surface area contributed by atoms with E-state index in [1.165, 1.54) is 11.3 Å². The number of aryl methyl sites for hydroxylation is 1. The van der Waals surface area contributed by atoms with Crippen LogP contribution in [-0.4, -0.2) is 21.6 Å². The van der Waals surface area contributed by atoms with Gasteiger partial charge in [0.15, 0.2) is 5.13 Å². The molecule has 100 valence electrons. The van der Waals surface area contributed by atoms with Crippen LogP contribution in [0, 0.1) is 12.8 Å². The first kappa shape index (κ1) is 13.3. The summed E-state index contributed by atoms with van der Waals surface area (Å²) in [5, 5.41) is 15.4. The van der Waals surface area contributed by atoms with E-state index in [-0.39, 0.29) is 0 Å². The van der Waals surface area contributed by atoms with Gasteiger partial charge in [0.1, 0.15) is 5.54 Å². The third kappa shape index (κ3) is 2.66. The number of aliphatic carboxylic acids is 1. The quantitative estimate of drug-likeness (QED) is 0.879. The van der Waals surface area contributed by atoms with Gasteiger partial charge in [0.2, 0.25) is 0 Å². The Kier molecular flexibility index (Phi) is 3.90. The number of carboxylic acids is 1. The third-order valence-corrected chi connectivity index (χ3v) is 4.79. The molecule has 1 aromatic heterocycles. The number of hydrogen-bond donors (Lipinski definition) is 2. The second-order valence-corrected chi connectivity index (χ2v) is 6.02. The lowest BCUT2D eigenvalue weighted by molar-refractivity contribution is -0.143. The van der Waals surface area contributed by atoms with E-state index < -0.39 is 11.5 Å². The van der Waals surface area contributed by atoms with Crippen molar-refractivity contribution in [3.05, 3.63) is 11.1 Å². The molecule has 0 aliphatic heterocycles. The highest BCUT2D eigenvalue weighted by Crippen LogP contribution is 2.36. The van der Waals surface area contributed by atoms with Crippen molar-refractivity contribution in [2.75, 3.05) is 5.32 Å². The van der Waals surface area contributed by atoms with E-state index in [1.54, 1.807) is 0 Å². The lowest BCUT2D eigenvalue weighted by Crippen LogP contribution is -2.49. The smallest absolute Gasteiger partial charge is 0.329 e. The Labute approximate surface area is 111 Å². The fourth-order valence-electron chi connectivity index (χ4n) is 2.59. The fourth-order valence-corrected chi connectivity index (χ4v) is 3.37. The minimum Gasteiger partial charge on any atom is -0.480 e. The summed E-state index contributed by atoms with van der Waals surface area (Å²) >= 11 is 1.48. The molecule has 0 bridgehead atoms. The van der Waals surface area contributed by atoms with Gasteiger partial charge in [-0.3, -0.25) is 0 Å². The predicted molar refractivity (Wildman–Crippen MR) is 73.1 cm³/mol. The van der Waals surface area contributed by atoms with Crippen LogP contribution in [0.15, 0.2) is 5.38 Å². The number of anilines is 1. The van der Waals surface area contributed by atoms with Gasteiger partial charge in [-0.2, -0.15) is 0 Å². The fraction of sp³-hybridized carbons (Fsp3) is 0.692. The van der Waals surface area contributed by atoms with Crippen molar-refractivity contribution in [1.29, 1.82) is 0 Å². The van der Waals surface area contributed by atoms with E-state index in [2.05, 4.69) is 17.2 Å². The van der Waals surface area contributed by atoms with E-state index in [1.807, 2.05) is 12.3 Å². The molecule has 0 amide bonds. The van der Waals surface area contributed by atoms with E-state index >= 15 is 0 Å². The highest BCUT2D eigenvalue weighted by atomic mass is 32.1. The van der Waals surface area contributed by atoms with Crippen molar-refractivity contribution in [2.24, 2.45) is 5.92 Å². The monoisotopic (exact) mass is 268 g/mol. The van der Waals surface area contributed by atoms with Crippen LogP contribution in [0.25, 0.3) is 0 Å². The van der Waals surface area contributed by atoms with Crippen molar-refractivity contribution < 1.29 is 9.90 Å². The molecule has 4 nitrogen and oxygen atoms in total. The first-order chi connectivity index (χ1) is 8.55. The maximum atomic E-state index is 11.6. The number of thiazole rings is 1.